The zero-order valence-electron chi connectivity index (χ0n) is 14.5. The van der Waals surface area contributed by atoms with Crippen molar-refractivity contribution in [3.05, 3.63) is 35.5 Å². The lowest BCUT2D eigenvalue weighted by Crippen LogP contribution is -2.55. The maximum absolute atomic E-state index is 12.7. The van der Waals surface area contributed by atoms with Crippen molar-refractivity contribution in [2.24, 2.45) is 5.73 Å². The summed E-state index contributed by atoms with van der Waals surface area (Å²) in [6, 6.07) is 7.20. The molecule has 2 aliphatic heterocycles. The summed E-state index contributed by atoms with van der Waals surface area (Å²) in [4.78, 5) is 25.0. The molecule has 5 rings (SSSR count). The topological polar surface area (TPSA) is 98.4 Å². The number of nitrogens with zero attached hydrogens (tertiary/aromatic N) is 1. The van der Waals surface area contributed by atoms with Gasteiger partial charge in [0.15, 0.2) is 0 Å². The van der Waals surface area contributed by atoms with E-state index in [9.17, 15) is 9.59 Å². The highest BCUT2D eigenvalue weighted by Crippen LogP contribution is 2.44. The van der Waals surface area contributed by atoms with Crippen LogP contribution in [0.25, 0.3) is 10.9 Å². The van der Waals surface area contributed by atoms with Crippen molar-refractivity contribution < 1.29 is 14.3 Å². The second-order valence-corrected chi connectivity index (χ2v) is 7.68. The maximum Gasteiger partial charge on any atom is 0.268 e. The molecule has 7 heteroatoms. The molecule has 1 aromatic carbocycles. The van der Waals surface area contributed by atoms with Crippen LogP contribution >= 0.6 is 0 Å². The molecule has 1 aromatic heterocycles. The Labute approximate surface area is 150 Å². The van der Waals surface area contributed by atoms with Gasteiger partial charge in [0.2, 0.25) is 0 Å². The van der Waals surface area contributed by atoms with Crippen LogP contribution in [0.2, 0.25) is 0 Å². The van der Waals surface area contributed by atoms with Crippen LogP contribution in [-0.4, -0.2) is 48.2 Å². The van der Waals surface area contributed by atoms with Gasteiger partial charge in [0, 0.05) is 17.5 Å². The van der Waals surface area contributed by atoms with Gasteiger partial charge in [-0.2, -0.15) is 0 Å². The zero-order chi connectivity index (χ0) is 17.9. The van der Waals surface area contributed by atoms with Crippen molar-refractivity contribution in [2.75, 3.05) is 19.8 Å². The molecule has 1 aliphatic carbocycles. The van der Waals surface area contributed by atoms with Crippen LogP contribution in [0.5, 0.6) is 0 Å². The van der Waals surface area contributed by atoms with Gasteiger partial charge >= 0.3 is 0 Å². The number of benzene rings is 1. The molecule has 7 nitrogen and oxygen atoms in total. The van der Waals surface area contributed by atoms with Crippen molar-refractivity contribution >= 4 is 22.7 Å². The lowest BCUT2D eigenvalue weighted by atomic mass is 9.75. The molecule has 2 amide bonds. The first-order valence-electron chi connectivity index (χ1n) is 9.16. The van der Waals surface area contributed by atoms with Crippen LogP contribution in [0.15, 0.2) is 24.3 Å². The smallest absolute Gasteiger partial charge is 0.268 e. The third kappa shape index (κ3) is 2.20. The molecule has 1 saturated carbocycles. The normalized spacial score (nSPS) is 26.4. The Kier molecular flexibility index (Phi) is 3.39. The molecule has 0 unspecified atom stereocenters. The molecular weight excluding hydrogens is 332 g/mol. The fourth-order valence-corrected chi connectivity index (χ4v) is 4.39. The zero-order valence-corrected chi connectivity index (χ0v) is 14.5. The molecule has 1 saturated heterocycles. The summed E-state index contributed by atoms with van der Waals surface area (Å²) in [5, 5.41) is 6.96. The molecule has 4 N–H and O–H groups in total. The van der Waals surface area contributed by atoms with E-state index < -0.39 is 0 Å². The van der Waals surface area contributed by atoms with Gasteiger partial charge in [-0.25, -0.2) is 0 Å². The lowest BCUT2D eigenvalue weighted by molar-refractivity contribution is 0.0763. The molecule has 3 heterocycles. The van der Waals surface area contributed by atoms with E-state index in [4.69, 9.17) is 10.5 Å². The minimum atomic E-state index is -0.175. The van der Waals surface area contributed by atoms with Gasteiger partial charge in [-0.15, -0.1) is 0 Å². The first kappa shape index (κ1) is 15.8. The quantitative estimate of drug-likeness (QED) is 0.740. The fourth-order valence-electron chi connectivity index (χ4n) is 4.39. The van der Waals surface area contributed by atoms with Gasteiger partial charge in [0.05, 0.1) is 36.4 Å². The third-order valence-corrected chi connectivity index (χ3v) is 6.08. The molecule has 0 bridgehead atoms. The number of carbonyl (C=O) groups is 2. The number of fused-ring (bicyclic) bond motifs is 4. The van der Waals surface area contributed by atoms with Crippen molar-refractivity contribution in [2.45, 2.75) is 36.9 Å². The van der Waals surface area contributed by atoms with Crippen LogP contribution in [0.3, 0.4) is 0 Å². The van der Waals surface area contributed by atoms with E-state index >= 15 is 0 Å². The van der Waals surface area contributed by atoms with Gasteiger partial charge in [-0.3, -0.25) is 9.59 Å². The van der Waals surface area contributed by atoms with Crippen molar-refractivity contribution in [3.63, 3.8) is 0 Å². The van der Waals surface area contributed by atoms with E-state index in [1.54, 1.807) is 6.07 Å². The van der Waals surface area contributed by atoms with Crippen molar-refractivity contribution in [1.29, 1.82) is 0 Å². The first-order valence-corrected chi connectivity index (χ1v) is 9.16. The minimum Gasteiger partial charge on any atom is -0.378 e. The van der Waals surface area contributed by atoms with E-state index in [0.29, 0.717) is 31.0 Å². The average Bonchev–Trinajstić information content (AvgIpc) is 3.18. The fraction of sp³-hybridized carbons (Fsp3) is 0.474. The Morgan fingerprint density at radius 3 is 2.85 bits per heavy atom. The summed E-state index contributed by atoms with van der Waals surface area (Å²) in [7, 11) is 0. The Hall–Kier alpha value is -2.38. The highest BCUT2D eigenvalue weighted by Gasteiger charge is 2.44. The van der Waals surface area contributed by atoms with E-state index in [2.05, 4.69) is 15.2 Å². The first-order chi connectivity index (χ1) is 12.6. The van der Waals surface area contributed by atoms with Crippen LogP contribution in [0, 0.1) is 0 Å². The van der Waals surface area contributed by atoms with E-state index in [0.717, 1.165) is 30.2 Å². The molecule has 3 aliphatic rings. The second-order valence-electron chi connectivity index (χ2n) is 7.68. The Balaban J connectivity index is 1.54. The minimum absolute atomic E-state index is 0.0399. The molecule has 26 heavy (non-hydrogen) atoms. The maximum atomic E-state index is 12.7. The third-order valence-electron chi connectivity index (χ3n) is 6.08. The molecule has 2 atom stereocenters. The number of hydrogen-bond acceptors (Lipinski definition) is 4. The lowest BCUT2D eigenvalue weighted by Gasteiger charge is -2.47. The van der Waals surface area contributed by atoms with E-state index in [1.165, 1.54) is 0 Å². The van der Waals surface area contributed by atoms with Gasteiger partial charge in [0.25, 0.3) is 11.8 Å². The standard InChI is InChI=1S/C19H22N4O3/c20-13-8-26-9-14(13)22-17(24)12-3-2-11-6-16-18(25)21-10-19(4-1-5-19)23(16)15(11)7-12/h2-3,6-7,13-14H,1,4-5,8-10,20H2,(H,21,25)(H,22,24)/t13-,14+/m0/s1. The van der Waals surface area contributed by atoms with Crippen molar-refractivity contribution in [3.8, 4) is 0 Å². The summed E-state index contributed by atoms with van der Waals surface area (Å²) in [6.45, 7) is 1.57. The predicted molar refractivity (Wildman–Crippen MR) is 96.1 cm³/mol. The summed E-state index contributed by atoms with van der Waals surface area (Å²) < 4.78 is 7.47. The highest BCUT2D eigenvalue weighted by molar-refractivity contribution is 6.03. The largest absolute Gasteiger partial charge is 0.378 e. The summed E-state index contributed by atoms with van der Waals surface area (Å²) >= 11 is 0. The van der Waals surface area contributed by atoms with E-state index in [-0.39, 0.29) is 29.4 Å². The summed E-state index contributed by atoms with van der Waals surface area (Å²) in [5.74, 6) is -0.199. The predicted octanol–water partition coefficient (Wildman–Crippen LogP) is 0.720. The molecule has 1 spiro atoms. The van der Waals surface area contributed by atoms with Gasteiger partial charge in [-0.05, 0) is 37.5 Å². The highest BCUT2D eigenvalue weighted by atomic mass is 16.5. The molecule has 2 fully saturated rings. The van der Waals surface area contributed by atoms with Gasteiger partial charge < -0.3 is 25.7 Å². The van der Waals surface area contributed by atoms with Crippen molar-refractivity contribution in [1.82, 2.24) is 15.2 Å². The van der Waals surface area contributed by atoms with Crippen LogP contribution < -0.4 is 16.4 Å². The van der Waals surface area contributed by atoms with Crippen LogP contribution in [0.4, 0.5) is 0 Å². The molecule has 0 radical (unpaired) electrons. The van der Waals surface area contributed by atoms with E-state index in [1.807, 2.05) is 18.2 Å². The Morgan fingerprint density at radius 1 is 1.31 bits per heavy atom. The number of nitrogens with two attached hydrogens (primary N) is 1. The summed E-state index contributed by atoms with van der Waals surface area (Å²) in [5.41, 5.74) is 8.14. The number of aromatic nitrogens is 1. The number of amides is 2. The van der Waals surface area contributed by atoms with Gasteiger partial charge in [0.1, 0.15) is 5.69 Å². The van der Waals surface area contributed by atoms with Gasteiger partial charge in [-0.1, -0.05) is 6.07 Å². The number of rotatable bonds is 2. The number of hydrogen-bond donors (Lipinski definition) is 3. The number of carbonyl (C=O) groups excluding carboxylic acids is 2. The summed E-state index contributed by atoms with van der Waals surface area (Å²) in [6.07, 6.45) is 3.26. The molecular formula is C19H22N4O3. The second kappa shape index (κ2) is 5.56. The monoisotopic (exact) mass is 354 g/mol. The number of ether oxygens (including phenoxy) is 1. The Morgan fingerprint density at radius 2 is 2.15 bits per heavy atom. The average molecular weight is 354 g/mol. The molecule has 136 valence electrons. The molecule has 2 aromatic rings. The number of nitrogens with one attached hydrogen (secondary N) is 2. The van der Waals surface area contributed by atoms with Crippen LogP contribution in [-0.2, 0) is 10.3 Å². The van der Waals surface area contributed by atoms with Crippen LogP contribution in [0.1, 0.15) is 40.1 Å². The Bertz CT molecular complexity index is 915. The SMILES string of the molecule is N[C@H]1COC[C@H]1NC(=O)c1ccc2cc3n(c2c1)C1(CCC1)CNC3=O.